The number of nitrogens with zero attached hydrogens (tertiary/aromatic N) is 1. The molecular formula is C11H8FNO. The summed E-state index contributed by atoms with van der Waals surface area (Å²) in [6, 6.07) is 6.44. The number of benzene rings is 1. The van der Waals surface area contributed by atoms with Crippen molar-refractivity contribution in [3.63, 3.8) is 0 Å². The summed E-state index contributed by atoms with van der Waals surface area (Å²) in [6.07, 6.45) is 0.509. The summed E-state index contributed by atoms with van der Waals surface area (Å²) in [5.74, 6) is -0.523. The van der Waals surface area contributed by atoms with Crippen molar-refractivity contribution in [2.24, 2.45) is 0 Å². The van der Waals surface area contributed by atoms with Gasteiger partial charge in [0.05, 0.1) is 11.1 Å². The summed E-state index contributed by atoms with van der Waals surface area (Å²) in [5, 5.41) is 0.777. The number of rotatable bonds is 1. The maximum atomic E-state index is 13.2. The van der Waals surface area contributed by atoms with Gasteiger partial charge in [-0.3, -0.25) is 9.78 Å². The SMILES string of the molecule is Cc1ccc2cc(C=O)c(F)cc2n1. The summed E-state index contributed by atoms with van der Waals surface area (Å²) in [4.78, 5) is 14.6. The summed E-state index contributed by atoms with van der Waals surface area (Å²) in [7, 11) is 0. The summed E-state index contributed by atoms with van der Waals surface area (Å²) in [6.45, 7) is 1.84. The summed E-state index contributed by atoms with van der Waals surface area (Å²) in [5.41, 5.74) is 1.48. The van der Waals surface area contributed by atoms with Crippen LogP contribution in [0.2, 0.25) is 0 Å². The molecule has 70 valence electrons. The van der Waals surface area contributed by atoms with E-state index in [-0.39, 0.29) is 5.56 Å². The van der Waals surface area contributed by atoms with Crippen LogP contribution in [0.15, 0.2) is 24.3 Å². The number of aldehydes is 1. The van der Waals surface area contributed by atoms with Crippen LogP contribution < -0.4 is 0 Å². The highest BCUT2D eigenvalue weighted by atomic mass is 19.1. The molecule has 0 fully saturated rings. The highest BCUT2D eigenvalue weighted by Crippen LogP contribution is 2.16. The van der Waals surface area contributed by atoms with Gasteiger partial charge in [-0.15, -0.1) is 0 Å². The Labute approximate surface area is 80.4 Å². The Balaban J connectivity index is 2.79. The van der Waals surface area contributed by atoms with E-state index in [9.17, 15) is 9.18 Å². The van der Waals surface area contributed by atoms with Crippen molar-refractivity contribution in [3.8, 4) is 0 Å². The third kappa shape index (κ3) is 1.37. The van der Waals surface area contributed by atoms with Crippen LogP contribution in [0.1, 0.15) is 16.1 Å². The Morgan fingerprint density at radius 3 is 2.86 bits per heavy atom. The maximum absolute atomic E-state index is 13.2. The number of aryl methyl sites for hydroxylation is 1. The Hall–Kier alpha value is -1.77. The van der Waals surface area contributed by atoms with E-state index in [2.05, 4.69) is 4.98 Å². The lowest BCUT2D eigenvalue weighted by molar-refractivity contribution is 0.112. The average molecular weight is 189 g/mol. The topological polar surface area (TPSA) is 30.0 Å². The van der Waals surface area contributed by atoms with Gasteiger partial charge in [0.25, 0.3) is 0 Å². The number of hydrogen-bond donors (Lipinski definition) is 0. The van der Waals surface area contributed by atoms with E-state index in [1.165, 1.54) is 12.1 Å². The average Bonchev–Trinajstić information content (AvgIpc) is 2.16. The fourth-order valence-corrected chi connectivity index (χ4v) is 1.36. The van der Waals surface area contributed by atoms with Gasteiger partial charge >= 0.3 is 0 Å². The predicted octanol–water partition coefficient (Wildman–Crippen LogP) is 2.49. The minimum absolute atomic E-state index is 0.0724. The van der Waals surface area contributed by atoms with Gasteiger partial charge in [-0.25, -0.2) is 4.39 Å². The van der Waals surface area contributed by atoms with E-state index >= 15 is 0 Å². The number of pyridine rings is 1. The molecule has 0 N–H and O–H groups in total. The molecule has 1 aromatic heterocycles. The van der Waals surface area contributed by atoms with Gasteiger partial charge in [0.15, 0.2) is 6.29 Å². The van der Waals surface area contributed by atoms with E-state index in [0.29, 0.717) is 11.8 Å². The second kappa shape index (κ2) is 3.18. The molecule has 2 nitrogen and oxygen atoms in total. The molecule has 1 heterocycles. The molecule has 2 rings (SSSR count). The Bertz CT molecular complexity index is 508. The third-order valence-electron chi connectivity index (χ3n) is 2.07. The molecule has 3 heteroatoms. The van der Waals surface area contributed by atoms with E-state index in [1.54, 1.807) is 0 Å². The number of fused-ring (bicyclic) bond motifs is 1. The van der Waals surface area contributed by atoms with Crippen LogP contribution in [0.3, 0.4) is 0 Å². The first-order chi connectivity index (χ1) is 6.70. The van der Waals surface area contributed by atoms with Gasteiger partial charge in [-0.05, 0) is 19.1 Å². The molecule has 0 aliphatic rings. The molecule has 0 radical (unpaired) electrons. The van der Waals surface area contributed by atoms with E-state index in [4.69, 9.17) is 0 Å². The van der Waals surface area contributed by atoms with Crippen molar-refractivity contribution in [2.75, 3.05) is 0 Å². The van der Waals surface area contributed by atoms with Gasteiger partial charge in [-0.1, -0.05) is 6.07 Å². The first-order valence-electron chi connectivity index (χ1n) is 4.23. The van der Waals surface area contributed by atoms with E-state index in [1.807, 2.05) is 19.1 Å². The lowest BCUT2D eigenvalue weighted by Gasteiger charge is -2.00. The molecule has 0 amide bonds. The first-order valence-corrected chi connectivity index (χ1v) is 4.23. The van der Waals surface area contributed by atoms with Crippen LogP contribution in [0.4, 0.5) is 4.39 Å². The molecule has 2 aromatic rings. The molecule has 14 heavy (non-hydrogen) atoms. The van der Waals surface area contributed by atoms with Gasteiger partial charge < -0.3 is 0 Å². The fourth-order valence-electron chi connectivity index (χ4n) is 1.36. The molecule has 0 aliphatic carbocycles. The van der Waals surface area contributed by atoms with Crippen molar-refractivity contribution in [1.82, 2.24) is 4.98 Å². The van der Waals surface area contributed by atoms with E-state index < -0.39 is 5.82 Å². The first kappa shape index (κ1) is 8.81. The number of hydrogen-bond acceptors (Lipinski definition) is 2. The van der Waals surface area contributed by atoms with Crippen LogP contribution in [0.5, 0.6) is 0 Å². The number of carbonyl (C=O) groups is 1. The summed E-state index contributed by atoms with van der Waals surface area (Å²) >= 11 is 0. The maximum Gasteiger partial charge on any atom is 0.153 e. The lowest BCUT2D eigenvalue weighted by atomic mass is 10.1. The molecular weight excluding hydrogens is 181 g/mol. The lowest BCUT2D eigenvalue weighted by Crippen LogP contribution is -1.90. The minimum atomic E-state index is -0.523. The second-order valence-electron chi connectivity index (χ2n) is 3.14. The minimum Gasteiger partial charge on any atom is -0.298 e. The zero-order valence-corrected chi connectivity index (χ0v) is 7.62. The van der Waals surface area contributed by atoms with Gasteiger partial charge in [-0.2, -0.15) is 0 Å². The molecule has 0 unspecified atom stereocenters. The normalized spacial score (nSPS) is 10.4. The molecule has 0 saturated heterocycles. The standard InChI is InChI=1S/C11H8FNO/c1-7-2-3-8-4-9(6-14)10(12)5-11(8)13-7/h2-6H,1H3. The highest BCUT2D eigenvalue weighted by Gasteiger charge is 2.04. The Morgan fingerprint density at radius 2 is 2.14 bits per heavy atom. The Kier molecular flexibility index (Phi) is 2.00. The molecule has 0 atom stereocenters. The fraction of sp³-hybridized carbons (Fsp3) is 0.0909. The van der Waals surface area contributed by atoms with Crippen molar-refractivity contribution >= 4 is 17.2 Å². The zero-order chi connectivity index (χ0) is 10.1. The van der Waals surface area contributed by atoms with E-state index in [0.717, 1.165) is 11.1 Å². The zero-order valence-electron chi connectivity index (χ0n) is 7.62. The Morgan fingerprint density at radius 1 is 1.36 bits per heavy atom. The highest BCUT2D eigenvalue weighted by molar-refractivity contribution is 5.87. The van der Waals surface area contributed by atoms with Crippen molar-refractivity contribution < 1.29 is 9.18 Å². The van der Waals surface area contributed by atoms with Crippen LogP contribution in [-0.2, 0) is 0 Å². The van der Waals surface area contributed by atoms with Gasteiger partial charge in [0, 0.05) is 17.1 Å². The van der Waals surface area contributed by atoms with Gasteiger partial charge in [0.2, 0.25) is 0 Å². The van der Waals surface area contributed by atoms with Crippen molar-refractivity contribution in [2.45, 2.75) is 6.92 Å². The smallest absolute Gasteiger partial charge is 0.153 e. The largest absolute Gasteiger partial charge is 0.298 e. The molecule has 0 spiro atoms. The molecule has 1 aromatic carbocycles. The number of carbonyl (C=O) groups excluding carboxylic acids is 1. The van der Waals surface area contributed by atoms with Crippen molar-refractivity contribution in [3.05, 3.63) is 41.3 Å². The van der Waals surface area contributed by atoms with Crippen LogP contribution in [-0.4, -0.2) is 11.3 Å². The monoisotopic (exact) mass is 189 g/mol. The summed E-state index contributed by atoms with van der Waals surface area (Å²) < 4.78 is 13.2. The molecule has 0 saturated carbocycles. The van der Waals surface area contributed by atoms with Crippen LogP contribution in [0.25, 0.3) is 10.9 Å². The predicted molar refractivity (Wildman–Crippen MR) is 51.8 cm³/mol. The second-order valence-corrected chi connectivity index (χ2v) is 3.14. The quantitative estimate of drug-likeness (QED) is 0.645. The van der Waals surface area contributed by atoms with Crippen molar-refractivity contribution in [1.29, 1.82) is 0 Å². The molecule has 0 aliphatic heterocycles. The molecule has 0 bridgehead atoms. The van der Waals surface area contributed by atoms with Gasteiger partial charge in [0.1, 0.15) is 5.82 Å². The van der Waals surface area contributed by atoms with Crippen LogP contribution in [0, 0.1) is 12.7 Å². The third-order valence-corrected chi connectivity index (χ3v) is 2.07. The number of aromatic nitrogens is 1. The van der Waals surface area contributed by atoms with Crippen LogP contribution >= 0.6 is 0 Å². The number of halogens is 1.